The van der Waals surface area contributed by atoms with E-state index in [9.17, 15) is 57.2 Å². The van der Waals surface area contributed by atoms with Gasteiger partial charge in [-0.15, -0.1) is 0 Å². The van der Waals surface area contributed by atoms with Crippen molar-refractivity contribution in [1.29, 1.82) is 5.26 Å². The van der Waals surface area contributed by atoms with E-state index >= 15 is 4.39 Å². The van der Waals surface area contributed by atoms with Crippen LogP contribution in [0, 0.1) is 61.3 Å². The average molecular weight is 1940 g/mol. The number of primary sulfonamides is 4. The molecule has 36 heteroatoms. The second-order valence-electron chi connectivity index (χ2n) is 33.2. The van der Waals surface area contributed by atoms with E-state index in [1.807, 2.05) is 168 Å². The van der Waals surface area contributed by atoms with Gasteiger partial charge in [0.2, 0.25) is 40.1 Å². The molecular weight excluding hydrogens is 1840 g/mol. The largest absolute Gasteiger partial charge is 0.395 e. The number of rotatable bonds is 32. The Morgan fingerprint density at radius 1 is 0.470 bits per heavy atom. The number of aromatic nitrogens is 8. The molecule has 0 bridgehead atoms. The van der Waals surface area contributed by atoms with Crippen molar-refractivity contribution < 1.29 is 61.1 Å². The number of halogens is 5. The Bertz CT molecular complexity index is 6710. The summed E-state index contributed by atoms with van der Waals surface area (Å²) >= 11 is 3.43. The van der Waals surface area contributed by atoms with E-state index in [1.165, 1.54) is 57.9 Å². The second kappa shape index (κ2) is 45.1. The van der Waals surface area contributed by atoms with Gasteiger partial charge in [-0.1, -0.05) is 161 Å². The maximum atomic E-state index is 15.1. The molecule has 0 spiro atoms. The number of benzene rings is 9. The molecule has 0 radical (unpaired) electrons. The van der Waals surface area contributed by atoms with Crippen LogP contribution in [0.3, 0.4) is 0 Å². The highest BCUT2D eigenvalue weighted by Crippen LogP contribution is 2.31. The maximum absolute atomic E-state index is 15.1. The highest BCUT2D eigenvalue weighted by molar-refractivity contribution is 9.10. The molecule has 2 unspecified atom stereocenters. The van der Waals surface area contributed by atoms with E-state index in [0.717, 1.165) is 165 Å². The average Bonchev–Trinajstić information content (AvgIpc) is 1.58. The normalized spacial score (nSPS) is 14.3. The van der Waals surface area contributed by atoms with Crippen LogP contribution in [0.4, 0.5) is 17.6 Å². The lowest BCUT2D eigenvalue weighted by molar-refractivity contribution is 0.155. The third kappa shape index (κ3) is 28.0. The summed E-state index contributed by atoms with van der Waals surface area (Å²) in [5.41, 5.74) is 15.6. The molecule has 4 aromatic heterocycles. The number of ether oxygens (including phenoxy) is 1. The van der Waals surface area contributed by atoms with Crippen molar-refractivity contribution in [2.75, 3.05) is 60.1 Å². The van der Waals surface area contributed by atoms with Crippen molar-refractivity contribution in [3.05, 3.63) is 342 Å². The molecule has 2 saturated heterocycles. The highest BCUT2D eigenvalue weighted by atomic mass is 79.9. The minimum Gasteiger partial charge on any atom is -0.395 e. The topological polar surface area (TPSA) is 378 Å². The van der Waals surface area contributed by atoms with E-state index in [1.54, 1.807) is 9.36 Å². The second-order valence-corrected chi connectivity index (χ2v) is 40.4. The summed E-state index contributed by atoms with van der Waals surface area (Å²) in [6, 6.07) is 67.0. The first kappa shape index (κ1) is 99.9. The fraction of sp³-hybridized carbons (Fsp3) is 0.302. The van der Waals surface area contributed by atoms with Crippen LogP contribution in [-0.4, -0.2) is 164 Å². The van der Waals surface area contributed by atoms with E-state index < -0.39 is 63.4 Å². The van der Waals surface area contributed by atoms with Crippen LogP contribution in [0.2, 0.25) is 0 Å². The van der Waals surface area contributed by atoms with Gasteiger partial charge in [-0.3, -0.25) is 14.7 Å². The van der Waals surface area contributed by atoms with Crippen LogP contribution >= 0.6 is 15.9 Å². The van der Waals surface area contributed by atoms with Crippen LogP contribution in [-0.2, 0) is 103 Å². The van der Waals surface area contributed by atoms with Crippen LogP contribution < -0.4 is 20.6 Å². The molecule has 13 aromatic rings. The number of aliphatic hydroxyl groups is 1. The number of likely N-dealkylation sites (N-methyl/N-ethyl adjacent to an activating group) is 1. The summed E-state index contributed by atoms with van der Waals surface area (Å²) in [4.78, 5) is 7.51. The third-order valence-electron chi connectivity index (χ3n) is 22.3. The monoisotopic (exact) mass is 1940 g/mol. The molecule has 2 fully saturated rings. The van der Waals surface area contributed by atoms with Gasteiger partial charge in [-0.05, 0) is 211 Å². The minimum atomic E-state index is -4.03. The van der Waals surface area contributed by atoms with Crippen molar-refractivity contribution in [2.45, 2.75) is 144 Å². The molecule has 9 N–H and O–H groups in total. The molecule has 2 aliphatic rings. The zero-order valence-corrected chi connectivity index (χ0v) is 79.0. The first-order chi connectivity index (χ1) is 62.8. The molecule has 27 nitrogen and oxygen atoms in total. The van der Waals surface area contributed by atoms with Crippen molar-refractivity contribution in [3.63, 3.8) is 0 Å². The van der Waals surface area contributed by atoms with Crippen LogP contribution in [0.5, 0.6) is 0 Å². The number of sulfonamides is 4. The minimum absolute atomic E-state index is 0.00660. The van der Waals surface area contributed by atoms with Gasteiger partial charge in [0.25, 0.3) is 0 Å². The van der Waals surface area contributed by atoms with E-state index in [2.05, 4.69) is 87.1 Å². The van der Waals surface area contributed by atoms with Crippen molar-refractivity contribution >= 4 is 56.0 Å². The third-order valence-corrected chi connectivity index (χ3v) is 26.5. The van der Waals surface area contributed by atoms with Crippen molar-refractivity contribution in [3.8, 4) is 28.8 Å². The van der Waals surface area contributed by atoms with Gasteiger partial charge >= 0.3 is 0 Å². The molecule has 0 amide bonds. The Balaban J connectivity index is 0.000000159. The van der Waals surface area contributed by atoms with Gasteiger partial charge in [0.1, 0.15) is 46.0 Å². The first-order valence-electron chi connectivity index (χ1n) is 42.8. The van der Waals surface area contributed by atoms with Gasteiger partial charge in [0, 0.05) is 111 Å². The standard InChI is InChI=1S/C27H29FN4O3S.C24H26FN5O2S.C23H27FN4O3S.C22H26BrFN4O2S/c1-20-6-5-9-22(14-20)15-24-16-23(19-31(12-13-33)18-21-7-3-2-4-8-21)30-32(24)27-11-10-25(17-26(27)28)36(29,34)35;1-17-4-2-5-18(10-17)11-21-12-20(16-29-9-3-6-19(14-26)15-29)28-30(21)24-8-7-22(13-23(24)25)33(27,31)32;1-16-4-3-5-17(10-16)11-20-12-18(14-27(2)19-8-9-31-15-19)26-28(20)23-7-6-21(13-22(23)24)32(25,29)30;1-3-4-11-27(2)15-18-13-19(12-16-5-7-17(23)8-6-16)28(26-18)22-10-9-20(14-21(22)24)31(25,29)30/h2-11,14,16-17,33H,12-13,15,18-19H2,1H3,(H2,29,34,35);2,4-5,7-8,10,12-13,19H,3,6,9,11,15-16H2,1H3,(H2,27,31,32);3-7,10,12-13,19H,8-9,11,14-15H2,1-2H3,(H2,25,29,30);5-10,13-14H,3-4,11-12,15H2,1-2H3,(H2,25,29,30). The molecule has 2 atom stereocenters. The highest BCUT2D eigenvalue weighted by Gasteiger charge is 2.28. The Morgan fingerprint density at radius 3 is 1.24 bits per heavy atom. The first-order valence-corrected chi connectivity index (χ1v) is 49.8. The molecule has 9 aromatic carbocycles. The zero-order valence-electron chi connectivity index (χ0n) is 74.1. The van der Waals surface area contributed by atoms with Crippen molar-refractivity contribution in [2.24, 2.45) is 26.5 Å². The lowest BCUT2D eigenvalue weighted by Gasteiger charge is -2.28. The van der Waals surface area contributed by atoms with Gasteiger partial charge in [-0.25, -0.2) is 90.5 Å². The zero-order chi connectivity index (χ0) is 94.8. The number of likely N-dealkylation sites (tertiary alicyclic amines) is 1. The van der Waals surface area contributed by atoms with Gasteiger partial charge < -0.3 is 14.7 Å². The molecule has 132 heavy (non-hydrogen) atoms. The van der Waals surface area contributed by atoms with Crippen LogP contribution in [0.1, 0.15) is 129 Å². The fourth-order valence-corrected chi connectivity index (χ4v) is 18.2. The molecule has 15 rings (SSSR count). The number of nitrogens with zero attached hydrogens (tertiary/aromatic N) is 13. The summed E-state index contributed by atoms with van der Waals surface area (Å²) in [5.74, 6) is -2.84. The summed E-state index contributed by atoms with van der Waals surface area (Å²) in [7, 11) is -12.0. The molecule has 0 aliphatic carbocycles. The number of unbranched alkanes of at least 4 members (excludes halogenated alkanes) is 1. The number of aliphatic hydroxyl groups excluding tert-OH is 1. The Kier molecular flexibility index (Phi) is 34.1. The van der Waals surface area contributed by atoms with E-state index in [4.69, 9.17) is 25.3 Å². The molecule has 6 heterocycles. The molecule has 2 aliphatic heterocycles. The Labute approximate surface area is 777 Å². The van der Waals surface area contributed by atoms with Gasteiger partial charge in [0.05, 0.1) is 67.6 Å². The Morgan fingerprint density at radius 2 is 0.864 bits per heavy atom. The summed E-state index contributed by atoms with van der Waals surface area (Å²) in [6.07, 6.45) is 7.17. The van der Waals surface area contributed by atoms with E-state index in [-0.39, 0.29) is 54.9 Å². The molecule has 696 valence electrons. The number of nitrogens with two attached hydrogens (primary N) is 4. The van der Waals surface area contributed by atoms with Crippen molar-refractivity contribution in [1.82, 2.24) is 58.7 Å². The van der Waals surface area contributed by atoms with Crippen LogP contribution in [0.15, 0.2) is 249 Å². The predicted octanol–water partition coefficient (Wildman–Crippen LogP) is 13.9. The van der Waals surface area contributed by atoms with Crippen LogP contribution in [0.25, 0.3) is 22.7 Å². The fourth-order valence-electron chi connectivity index (χ4n) is 15.8. The summed E-state index contributed by atoms with van der Waals surface area (Å²) < 4.78 is 165. The quantitative estimate of drug-likeness (QED) is 0.0244. The maximum Gasteiger partial charge on any atom is 0.238 e. The van der Waals surface area contributed by atoms with E-state index in [0.29, 0.717) is 89.8 Å². The smallest absolute Gasteiger partial charge is 0.238 e. The SMILES string of the molecule is CCCCN(C)Cc1cc(Cc2ccc(Br)cc2)n(-c2ccc(S(N)(=O)=O)cc2F)n1.Cc1cccc(Cc2cc(CN(C)C3CCOC3)nn2-c2ccc(S(N)(=O)=O)cc2F)c1.Cc1cccc(Cc2cc(CN(CCO)Cc3ccccc3)nn2-c2ccc(S(N)(=O)=O)cc2F)c1.Cc1cccc(Cc2cc(CN3CCCC(C#N)C3)nn2-c2ccc(S(N)(=O)=O)cc2F)c1. The molecular formula is C96H108BrF4N17O10S4. The van der Waals surface area contributed by atoms with Gasteiger partial charge in [-0.2, -0.15) is 25.7 Å². The summed E-state index contributed by atoms with van der Waals surface area (Å²) in [6.45, 7) is 15.5. The lowest BCUT2D eigenvalue weighted by Crippen LogP contribution is -2.34. The Hall–Kier alpha value is -11.1. The number of aryl methyl sites for hydroxylation is 3. The number of hydrogen-bond donors (Lipinski definition) is 5. The molecule has 0 saturated carbocycles. The number of hydrogen-bond acceptors (Lipinski definition) is 19. The number of piperidine rings is 1. The number of nitriles is 1. The lowest BCUT2D eigenvalue weighted by atomic mass is 9.99. The predicted molar refractivity (Wildman–Crippen MR) is 502 cm³/mol. The van der Waals surface area contributed by atoms with Gasteiger partial charge in [0.15, 0.2) is 0 Å². The summed E-state index contributed by atoms with van der Waals surface area (Å²) in [5, 5.41) is 58.1.